The van der Waals surface area contributed by atoms with E-state index in [1.165, 1.54) is 0 Å². The maximum absolute atomic E-state index is 14.0. The summed E-state index contributed by atoms with van der Waals surface area (Å²) in [7, 11) is 0. The first-order valence-corrected chi connectivity index (χ1v) is 22.9. The number of aryl methyl sites for hydroxylation is 1. The summed E-state index contributed by atoms with van der Waals surface area (Å²) < 4.78 is 12.9. The number of benzene rings is 9. The quantitative estimate of drug-likeness (QED) is 0.135. The highest BCUT2D eigenvalue weighted by Crippen LogP contribution is 2.37. The zero-order valence-corrected chi connectivity index (χ0v) is 37.5. The van der Waals surface area contributed by atoms with E-state index in [1.807, 2.05) is 122 Å². The van der Waals surface area contributed by atoms with Gasteiger partial charge in [-0.2, -0.15) is 0 Å². The van der Waals surface area contributed by atoms with Gasteiger partial charge in [-0.15, -0.1) is 0 Å². The van der Waals surface area contributed by atoms with E-state index < -0.39 is 0 Å². The Morgan fingerprint density at radius 1 is 0.406 bits per heavy atom. The number of fused-ring (bicyclic) bond motifs is 4. The van der Waals surface area contributed by atoms with Gasteiger partial charge in [-0.3, -0.25) is 4.79 Å². The maximum atomic E-state index is 14.0. The predicted molar refractivity (Wildman–Crippen MR) is 279 cm³/mol. The van der Waals surface area contributed by atoms with Crippen molar-refractivity contribution < 1.29 is 13.6 Å². The highest BCUT2D eigenvalue weighted by Gasteiger charge is 2.21. The molecule has 3 heterocycles. The first-order valence-electron chi connectivity index (χ1n) is 22.9. The molecule has 69 heavy (non-hydrogen) atoms. The molecule has 6 heteroatoms. The molecular weight excluding hydrogens is 847 g/mol. The first-order chi connectivity index (χ1) is 34.0. The van der Waals surface area contributed by atoms with E-state index in [9.17, 15) is 4.79 Å². The van der Waals surface area contributed by atoms with E-state index >= 15 is 0 Å². The number of rotatable bonds is 9. The zero-order chi connectivity index (χ0) is 46.3. The number of carbonyl (C=O) groups is 1. The molecule has 12 aromatic rings. The Labute approximate surface area is 398 Å². The monoisotopic (exact) mass is 887 g/mol. The minimum Gasteiger partial charge on any atom is -0.454 e. The van der Waals surface area contributed by atoms with E-state index in [4.69, 9.17) is 23.8 Å². The Morgan fingerprint density at radius 3 is 1.51 bits per heavy atom. The molecule has 0 aliphatic rings. The fraction of sp³-hybridized carbons (Fsp3) is 0.0159. The number of aromatic nitrogens is 2. The number of para-hydroxylation sites is 2. The molecule has 1 amide bonds. The SMILES string of the molecule is Cc1c(C(=NC(=O)c2cccc(-c3ccccc3)c2)c2ccc(-c3ccc(-c4ccc(-c5nc(-c6cccc(-c7ccccc7)c6)nc6c5oc5ccccc56)cc4)cc3)cc2)oc2ccccc12. The molecule has 0 unspecified atom stereocenters. The summed E-state index contributed by atoms with van der Waals surface area (Å²) in [5, 5.41) is 1.94. The third-order valence-electron chi connectivity index (χ3n) is 12.8. The molecule has 0 spiro atoms. The second-order valence-corrected chi connectivity index (χ2v) is 17.1. The largest absolute Gasteiger partial charge is 0.454 e. The van der Waals surface area contributed by atoms with Crippen molar-refractivity contribution >= 4 is 44.7 Å². The van der Waals surface area contributed by atoms with Crippen LogP contribution in [0.3, 0.4) is 0 Å². The van der Waals surface area contributed by atoms with Gasteiger partial charge in [0.2, 0.25) is 0 Å². The van der Waals surface area contributed by atoms with Crippen molar-refractivity contribution in [2.75, 3.05) is 0 Å². The van der Waals surface area contributed by atoms with Gasteiger partial charge in [0.25, 0.3) is 5.91 Å². The maximum Gasteiger partial charge on any atom is 0.277 e. The summed E-state index contributed by atoms with van der Waals surface area (Å²) in [6, 6.07) is 77.5. The van der Waals surface area contributed by atoms with Gasteiger partial charge in [0.15, 0.2) is 17.2 Å². The predicted octanol–water partition coefficient (Wildman–Crippen LogP) is 16.1. The van der Waals surface area contributed by atoms with Crippen LogP contribution in [0.1, 0.15) is 27.2 Å². The molecular formula is C63H41N3O3. The summed E-state index contributed by atoms with van der Waals surface area (Å²) in [4.78, 5) is 29.1. The highest BCUT2D eigenvalue weighted by molar-refractivity contribution is 6.19. The molecule has 9 aromatic carbocycles. The highest BCUT2D eigenvalue weighted by atomic mass is 16.3. The van der Waals surface area contributed by atoms with Crippen LogP contribution in [0, 0.1) is 6.92 Å². The van der Waals surface area contributed by atoms with Gasteiger partial charge in [-0.25, -0.2) is 15.0 Å². The standard InChI is InChI=1S/C63H41N3O3/c1-40-53-22-8-10-24-55(53)68-60(40)57(66-63(67)52-21-13-19-50(39-52)42-16-6-3-7-17-42)47-34-30-45(31-35-47)43-26-28-44(29-27-43)46-32-36-48(37-33-46)58-61-59(54-23-9-11-25-56(54)69-61)65-62(64-58)51-20-12-18-49(38-51)41-14-4-2-5-15-41/h2-39H,1H3. The molecule has 3 aromatic heterocycles. The van der Waals surface area contributed by atoms with Crippen LogP contribution >= 0.6 is 0 Å². The average molecular weight is 888 g/mol. The van der Waals surface area contributed by atoms with Crippen molar-refractivity contribution in [3.63, 3.8) is 0 Å². The van der Waals surface area contributed by atoms with Crippen LogP contribution < -0.4 is 0 Å². The second kappa shape index (κ2) is 17.5. The molecule has 0 saturated heterocycles. The molecule has 0 aliphatic heterocycles. The van der Waals surface area contributed by atoms with E-state index in [1.54, 1.807) is 0 Å². The lowest BCUT2D eigenvalue weighted by molar-refractivity contribution is 0.100. The topological polar surface area (TPSA) is 81.5 Å². The number of amides is 1. The summed E-state index contributed by atoms with van der Waals surface area (Å²) in [5.74, 6) is 0.869. The van der Waals surface area contributed by atoms with Crippen molar-refractivity contribution in [3.05, 3.63) is 253 Å². The number of aliphatic imine (C=N–C) groups is 1. The fourth-order valence-electron chi connectivity index (χ4n) is 9.16. The van der Waals surface area contributed by atoms with Crippen LogP contribution in [0.2, 0.25) is 0 Å². The zero-order valence-electron chi connectivity index (χ0n) is 37.5. The van der Waals surface area contributed by atoms with Crippen LogP contribution in [0.15, 0.2) is 244 Å². The Hall–Kier alpha value is -9.26. The van der Waals surface area contributed by atoms with Gasteiger partial charge < -0.3 is 8.83 Å². The van der Waals surface area contributed by atoms with Crippen molar-refractivity contribution in [2.24, 2.45) is 4.99 Å². The van der Waals surface area contributed by atoms with E-state index in [-0.39, 0.29) is 5.91 Å². The number of nitrogens with zero attached hydrogens (tertiary/aromatic N) is 3. The van der Waals surface area contributed by atoms with Crippen LogP contribution in [0.5, 0.6) is 0 Å². The Balaban J connectivity index is 0.839. The normalized spacial score (nSPS) is 11.7. The summed E-state index contributed by atoms with van der Waals surface area (Å²) in [6.45, 7) is 2.01. The molecule has 0 radical (unpaired) electrons. The smallest absolute Gasteiger partial charge is 0.277 e. The van der Waals surface area contributed by atoms with Crippen LogP contribution in [0.4, 0.5) is 0 Å². The average Bonchev–Trinajstić information content (AvgIpc) is 3.97. The van der Waals surface area contributed by atoms with Crippen molar-refractivity contribution in [1.82, 2.24) is 9.97 Å². The Bertz CT molecular complexity index is 3890. The van der Waals surface area contributed by atoms with E-state index in [0.29, 0.717) is 28.4 Å². The van der Waals surface area contributed by atoms with Gasteiger partial charge in [-0.05, 0) is 87.8 Å². The summed E-state index contributed by atoms with van der Waals surface area (Å²) >= 11 is 0. The van der Waals surface area contributed by atoms with Gasteiger partial charge in [0, 0.05) is 38.6 Å². The molecule has 0 aliphatic carbocycles. The molecule has 0 atom stereocenters. The van der Waals surface area contributed by atoms with Gasteiger partial charge in [0.05, 0.1) is 0 Å². The molecule has 326 valence electrons. The van der Waals surface area contributed by atoms with Crippen LogP contribution in [-0.4, -0.2) is 21.6 Å². The van der Waals surface area contributed by atoms with Crippen LogP contribution in [0.25, 0.3) is 100 Å². The number of carbonyl (C=O) groups excluding carboxylic acids is 1. The molecule has 12 rings (SSSR count). The molecule has 0 N–H and O–H groups in total. The summed E-state index contributed by atoms with van der Waals surface area (Å²) in [5.41, 5.74) is 16.8. The van der Waals surface area contributed by atoms with Crippen LogP contribution in [-0.2, 0) is 0 Å². The van der Waals surface area contributed by atoms with Gasteiger partial charge >= 0.3 is 0 Å². The van der Waals surface area contributed by atoms with Crippen molar-refractivity contribution in [3.8, 4) is 67.2 Å². The number of furan rings is 2. The first kappa shape index (κ1) is 41.2. The summed E-state index contributed by atoms with van der Waals surface area (Å²) in [6.07, 6.45) is 0. The molecule has 6 nitrogen and oxygen atoms in total. The fourth-order valence-corrected chi connectivity index (χ4v) is 9.16. The molecule has 0 saturated carbocycles. The van der Waals surface area contributed by atoms with Crippen molar-refractivity contribution in [1.29, 1.82) is 0 Å². The lowest BCUT2D eigenvalue weighted by Crippen LogP contribution is -2.08. The van der Waals surface area contributed by atoms with Gasteiger partial charge in [-0.1, -0.05) is 194 Å². The minimum absolute atomic E-state index is 0.343. The Morgan fingerprint density at radius 2 is 0.884 bits per heavy atom. The van der Waals surface area contributed by atoms with E-state index in [2.05, 4.69) is 115 Å². The molecule has 0 fully saturated rings. The number of hydrogen-bond donors (Lipinski definition) is 0. The number of hydrogen-bond acceptors (Lipinski definition) is 5. The lowest BCUT2D eigenvalue weighted by Gasteiger charge is -2.10. The third-order valence-corrected chi connectivity index (χ3v) is 12.8. The molecule has 0 bridgehead atoms. The second-order valence-electron chi connectivity index (χ2n) is 17.1. The Kier molecular flexibility index (Phi) is 10.5. The minimum atomic E-state index is -0.343. The van der Waals surface area contributed by atoms with Gasteiger partial charge in [0.1, 0.15) is 28.1 Å². The van der Waals surface area contributed by atoms with E-state index in [0.717, 1.165) is 99.9 Å². The lowest BCUT2D eigenvalue weighted by atomic mass is 9.97. The van der Waals surface area contributed by atoms with Crippen molar-refractivity contribution in [2.45, 2.75) is 6.92 Å². The third kappa shape index (κ3) is 7.90.